The Balaban J connectivity index is 1.34. The number of nitrogens with zero attached hydrogens (tertiary/aromatic N) is 5. The van der Waals surface area contributed by atoms with Crippen molar-refractivity contribution in [3.63, 3.8) is 0 Å². The number of piperazine rings is 1. The third kappa shape index (κ3) is 5.09. The van der Waals surface area contributed by atoms with Crippen molar-refractivity contribution < 1.29 is 9.47 Å². The van der Waals surface area contributed by atoms with E-state index in [2.05, 4.69) is 37.2 Å². The topological polar surface area (TPSA) is 75.6 Å². The second kappa shape index (κ2) is 10.1. The van der Waals surface area contributed by atoms with Crippen molar-refractivity contribution in [2.75, 3.05) is 55.5 Å². The van der Waals surface area contributed by atoms with Crippen molar-refractivity contribution >= 4 is 45.6 Å². The number of fused-ring (bicyclic) bond motifs is 1. The number of anilines is 4. The molecule has 0 spiro atoms. The number of pyridine rings is 1. The smallest absolute Gasteiger partial charge is 0.229 e. The zero-order chi connectivity index (χ0) is 25.2. The van der Waals surface area contributed by atoms with E-state index in [0.29, 0.717) is 22.5 Å². The maximum atomic E-state index is 6.21. The number of nitrogens with one attached hydrogen (secondary N) is 1. The van der Waals surface area contributed by atoms with Crippen LogP contribution in [0, 0.1) is 13.8 Å². The van der Waals surface area contributed by atoms with Crippen LogP contribution in [0.5, 0.6) is 11.5 Å². The van der Waals surface area contributed by atoms with Gasteiger partial charge in [0.2, 0.25) is 5.95 Å². The van der Waals surface area contributed by atoms with Crippen LogP contribution in [0.15, 0.2) is 48.5 Å². The van der Waals surface area contributed by atoms with E-state index in [4.69, 9.17) is 26.1 Å². The van der Waals surface area contributed by atoms with Crippen molar-refractivity contribution in [1.82, 2.24) is 15.0 Å². The molecule has 36 heavy (non-hydrogen) atoms. The predicted molar refractivity (Wildman–Crippen MR) is 146 cm³/mol. The molecule has 8 nitrogen and oxygen atoms in total. The molecule has 1 N–H and O–H groups in total. The molecule has 3 heterocycles. The molecule has 0 amide bonds. The molecule has 0 saturated carbocycles. The minimum Gasteiger partial charge on any atom is -0.497 e. The number of methoxy groups -OCH3 is 2. The largest absolute Gasteiger partial charge is 0.497 e. The van der Waals surface area contributed by atoms with Crippen LogP contribution < -0.4 is 24.6 Å². The monoisotopic (exact) mass is 504 g/mol. The summed E-state index contributed by atoms with van der Waals surface area (Å²) in [5.74, 6) is 2.83. The number of halogens is 1. The first-order valence-corrected chi connectivity index (χ1v) is 12.2. The fourth-order valence-corrected chi connectivity index (χ4v) is 4.69. The lowest BCUT2D eigenvalue weighted by atomic mass is 10.1. The molecule has 0 aliphatic carbocycles. The maximum Gasteiger partial charge on any atom is 0.229 e. The molecule has 0 unspecified atom stereocenters. The van der Waals surface area contributed by atoms with Crippen LogP contribution in [0.1, 0.15) is 11.4 Å². The first-order chi connectivity index (χ1) is 17.4. The van der Waals surface area contributed by atoms with E-state index in [0.717, 1.165) is 60.0 Å². The van der Waals surface area contributed by atoms with E-state index in [1.807, 2.05) is 50.2 Å². The molecule has 1 aliphatic rings. The summed E-state index contributed by atoms with van der Waals surface area (Å²) in [5.41, 5.74) is 4.80. The molecule has 2 aromatic carbocycles. The highest BCUT2D eigenvalue weighted by Crippen LogP contribution is 2.31. The Hall–Kier alpha value is -3.78. The summed E-state index contributed by atoms with van der Waals surface area (Å²) >= 11 is 6.21. The normalized spacial score (nSPS) is 13.7. The van der Waals surface area contributed by atoms with Gasteiger partial charge in [-0.05, 0) is 38.1 Å². The summed E-state index contributed by atoms with van der Waals surface area (Å²) in [5, 5.41) is 5.13. The van der Waals surface area contributed by atoms with Crippen molar-refractivity contribution in [2.45, 2.75) is 13.8 Å². The van der Waals surface area contributed by atoms with Crippen LogP contribution in [0.4, 0.5) is 23.1 Å². The summed E-state index contributed by atoms with van der Waals surface area (Å²) in [6.45, 7) is 7.45. The van der Waals surface area contributed by atoms with Gasteiger partial charge < -0.3 is 24.6 Å². The molecule has 0 radical (unpaired) electrons. The first-order valence-electron chi connectivity index (χ1n) is 11.8. The lowest BCUT2D eigenvalue weighted by Crippen LogP contribution is -2.47. The third-order valence-electron chi connectivity index (χ3n) is 6.27. The molecular formula is C27H29ClN6O2. The Morgan fingerprint density at radius 3 is 2.14 bits per heavy atom. The molecule has 0 bridgehead atoms. The van der Waals surface area contributed by atoms with Gasteiger partial charge in [-0.3, -0.25) is 4.98 Å². The van der Waals surface area contributed by atoms with Crippen LogP contribution in [-0.2, 0) is 0 Å². The van der Waals surface area contributed by atoms with Gasteiger partial charge in [-0.25, -0.2) is 4.98 Å². The average Bonchev–Trinajstić information content (AvgIpc) is 2.87. The second-order valence-electron chi connectivity index (χ2n) is 8.84. The fourth-order valence-electron chi connectivity index (χ4n) is 4.53. The summed E-state index contributed by atoms with van der Waals surface area (Å²) in [4.78, 5) is 18.8. The Labute approximate surface area is 215 Å². The highest BCUT2D eigenvalue weighted by molar-refractivity contribution is 6.31. The number of aromatic nitrogens is 3. The Kier molecular flexibility index (Phi) is 6.69. The molecule has 2 aromatic heterocycles. The van der Waals surface area contributed by atoms with E-state index in [-0.39, 0.29) is 0 Å². The highest BCUT2D eigenvalue weighted by atomic mass is 35.5. The van der Waals surface area contributed by atoms with Gasteiger partial charge in [-0.1, -0.05) is 11.6 Å². The summed E-state index contributed by atoms with van der Waals surface area (Å²) in [6.07, 6.45) is 0. The van der Waals surface area contributed by atoms with Gasteiger partial charge in [-0.15, -0.1) is 0 Å². The van der Waals surface area contributed by atoms with Crippen LogP contribution in [-0.4, -0.2) is 55.4 Å². The van der Waals surface area contributed by atoms with E-state index in [1.54, 1.807) is 14.2 Å². The number of rotatable bonds is 6. The number of hydrogen-bond acceptors (Lipinski definition) is 8. The number of aryl methyl sites for hydroxylation is 2. The lowest BCUT2D eigenvalue weighted by molar-refractivity contribution is 0.395. The summed E-state index contributed by atoms with van der Waals surface area (Å²) in [6, 6.07) is 15.7. The number of ether oxygens (including phenoxy) is 2. The van der Waals surface area contributed by atoms with Crippen LogP contribution in [0.3, 0.4) is 0 Å². The number of hydrogen-bond donors (Lipinski definition) is 1. The zero-order valence-corrected chi connectivity index (χ0v) is 21.6. The summed E-state index contributed by atoms with van der Waals surface area (Å²) in [7, 11) is 3.26. The summed E-state index contributed by atoms with van der Waals surface area (Å²) < 4.78 is 10.8. The van der Waals surface area contributed by atoms with E-state index in [1.165, 1.54) is 5.69 Å². The first kappa shape index (κ1) is 23.9. The van der Waals surface area contributed by atoms with Gasteiger partial charge in [0.25, 0.3) is 0 Å². The van der Waals surface area contributed by atoms with E-state index >= 15 is 0 Å². The average molecular weight is 505 g/mol. The lowest BCUT2D eigenvalue weighted by Gasteiger charge is -2.37. The fraction of sp³-hybridized carbons (Fsp3) is 0.296. The SMILES string of the molecule is COc1cc(Nc2nc(C)cc(N3CCN(c4cc(C)nc5cc(Cl)ccc45)CC3)n2)cc(OC)c1. The third-order valence-corrected chi connectivity index (χ3v) is 6.51. The van der Waals surface area contributed by atoms with Gasteiger partial charge in [0.15, 0.2) is 0 Å². The van der Waals surface area contributed by atoms with Gasteiger partial charge in [-0.2, -0.15) is 4.98 Å². The molecule has 186 valence electrons. The Morgan fingerprint density at radius 2 is 1.44 bits per heavy atom. The Morgan fingerprint density at radius 1 is 0.778 bits per heavy atom. The quantitative estimate of drug-likeness (QED) is 0.375. The van der Waals surface area contributed by atoms with Gasteiger partial charge in [0.1, 0.15) is 17.3 Å². The standard InChI is InChI=1S/C27H29ClN6O2/c1-17-11-25(23-6-5-19(28)13-24(23)29-17)33-7-9-34(10-8-33)26-12-18(2)30-27(32-26)31-20-14-21(35-3)16-22(15-20)36-4/h5-6,11-16H,7-10H2,1-4H3,(H,30,31,32). The van der Waals surface area contributed by atoms with E-state index in [9.17, 15) is 0 Å². The van der Waals surface area contributed by atoms with Crippen LogP contribution >= 0.6 is 11.6 Å². The Bertz CT molecular complexity index is 1380. The molecular weight excluding hydrogens is 476 g/mol. The van der Waals surface area contributed by atoms with Gasteiger partial charge in [0.05, 0.1) is 19.7 Å². The molecule has 1 fully saturated rings. The molecule has 1 saturated heterocycles. The second-order valence-corrected chi connectivity index (χ2v) is 9.27. The molecule has 1 aliphatic heterocycles. The van der Waals surface area contributed by atoms with Crippen LogP contribution in [0.2, 0.25) is 5.02 Å². The van der Waals surface area contributed by atoms with Crippen molar-refractivity contribution in [3.8, 4) is 11.5 Å². The minimum absolute atomic E-state index is 0.537. The van der Waals surface area contributed by atoms with Crippen LogP contribution in [0.25, 0.3) is 10.9 Å². The van der Waals surface area contributed by atoms with Gasteiger partial charge >= 0.3 is 0 Å². The molecule has 4 aromatic rings. The number of benzene rings is 2. The predicted octanol–water partition coefficient (Wildman–Crippen LogP) is 5.38. The molecule has 5 rings (SSSR count). The molecule has 0 atom stereocenters. The molecule has 9 heteroatoms. The van der Waals surface area contributed by atoms with E-state index < -0.39 is 0 Å². The van der Waals surface area contributed by atoms with Crippen molar-refractivity contribution in [1.29, 1.82) is 0 Å². The minimum atomic E-state index is 0.537. The zero-order valence-electron chi connectivity index (χ0n) is 20.9. The van der Waals surface area contributed by atoms with Gasteiger partial charge in [0, 0.05) is 83.6 Å². The maximum absolute atomic E-state index is 6.21. The van der Waals surface area contributed by atoms with Crippen molar-refractivity contribution in [2.24, 2.45) is 0 Å². The van der Waals surface area contributed by atoms with Crippen molar-refractivity contribution in [3.05, 3.63) is 64.9 Å². The highest BCUT2D eigenvalue weighted by Gasteiger charge is 2.21.